The number of aryl methyl sites for hydroxylation is 1. The number of nitrogens with zero attached hydrogens (tertiary/aromatic N) is 2. The number of aromatic nitrogens is 1. The van der Waals surface area contributed by atoms with Gasteiger partial charge < -0.3 is 5.73 Å². The average molecular weight is 346 g/mol. The molecule has 5 heteroatoms. The fourth-order valence-electron chi connectivity index (χ4n) is 2.86. The highest BCUT2D eigenvalue weighted by Gasteiger charge is 2.23. The molecule has 1 heterocycles. The summed E-state index contributed by atoms with van der Waals surface area (Å²) in [5.74, 6) is -0.166. The number of nitriles is 1. The lowest BCUT2D eigenvalue weighted by atomic mass is 9.86. The molecule has 1 aromatic heterocycles. The molecule has 21 heavy (non-hydrogen) atoms. The van der Waals surface area contributed by atoms with Crippen LogP contribution in [0.25, 0.3) is 11.1 Å². The van der Waals surface area contributed by atoms with Gasteiger partial charge in [0.15, 0.2) is 0 Å². The van der Waals surface area contributed by atoms with Gasteiger partial charge >= 0.3 is 0 Å². The first kappa shape index (κ1) is 14.0. The van der Waals surface area contributed by atoms with Crippen molar-refractivity contribution < 1.29 is 4.39 Å². The normalized spacial score (nSPS) is 13.6. The predicted molar refractivity (Wildman–Crippen MR) is 83.1 cm³/mol. The Morgan fingerprint density at radius 3 is 2.81 bits per heavy atom. The summed E-state index contributed by atoms with van der Waals surface area (Å²) in [7, 11) is 0. The van der Waals surface area contributed by atoms with Crippen LogP contribution in [0.3, 0.4) is 0 Å². The van der Waals surface area contributed by atoms with E-state index in [1.807, 2.05) is 0 Å². The lowest BCUT2D eigenvalue weighted by Crippen LogP contribution is -2.12. The molecule has 106 valence electrons. The minimum atomic E-state index is -0.354. The summed E-state index contributed by atoms with van der Waals surface area (Å²) in [6, 6.07) is 6.82. The summed E-state index contributed by atoms with van der Waals surface area (Å²) in [5.41, 5.74) is 9.06. The monoisotopic (exact) mass is 345 g/mol. The molecule has 0 spiro atoms. The van der Waals surface area contributed by atoms with Crippen LogP contribution in [0, 0.1) is 17.1 Å². The summed E-state index contributed by atoms with van der Waals surface area (Å²) < 4.78 is 15.0. The second kappa shape index (κ2) is 5.45. The number of halogens is 2. The van der Waals surface area contributed by atoms with Crippen molar-refractivity contribution in [3.05, 3.63) is 45.3 Å². The van der Waals surface area contributed by atoms with Crippen molar-refractivity contribution >= 4 is 21.7 Å². The zero-order valence-corrected chi connectivity index (χ0v) is 12.9. The van der Waals surface area contributed by atoms with Gasteiger partial charge in [0, 0.05) is 21.3 Å². The van der Waals surface area contributed by atoms with Crippen molar-refractivity contribution in [1.82, 2.24) is 4.98 Å². The zero-order valence-electron chi connectivity index (χ0n) is 11.3. The van der Waals surface area contributed by atoms with E-state index < -0.39 is 0 Å². The number of hydrogen-bond acceptors (Lipinski definition) is 3. The quantitative estimate of drug-likeness (QED) is 0.849. The van der Waals surface area contributed by atoms with E-state index in [-0.39, 0.29) is 17.2 Å². The van der Waals surface area contributed by atoms with Gasteiger partial charge in [-0.25, -0.2) is 9.37 Å². The molecule has 0 bridgehead atoms. The third-order valence-electron chi connectivity index (χ3n) is 3.81. The van der Waals surface area contributed by atoms with Crippen LogP contribution in [-0.4, -0.2) is 4.98 Å². The summed E-state index contributed by atoms with van der Waals surface area (Å²) >= 11 is 3.36. The number of nitrogen functional groups attached to an aromatic ring is 1. The van der Waals surface area contributed by atoms with Gasteiger partial charge in [-0.15, -0.1) is 0 Å². The maximum atomic E-state index is 14.3. The van der Waals surface area contributed by atoms with Crippen molar-refractivity contribution in [3.8, 4) is 17.2 Å². The molecule has 2 aromatic rings. The Bertz CT molecular complexity index is 765. The van der Waals surface area contributed by atoms with Gasteiger partial charge in [-0.1, -0.05) is 15.9 Å². The molecule has 0 aliphatic heterocycles. The lowest BCUT2D eigenvalue weighted by Gasteiger charge is -2.21. The van der Waals surface area contributed by atoms with Crippen LogP contribution in [0.4, 0.5) is 10.2 Å². The molecular weight excluding hydrogens is 333 g/mol. The van der Waals surface area contributed by atoms with E-state index in [1.165, 1.54) is 6.07 Å². The number of fused-ring (bicyclic) bond motifs is 1. The first-order valence-electron chi connectivity index (χ1n) is 6.78. The van der Waals surface area contributed by atoms with Crippen LogP contribution >= 0.6 is 15.9 Å². The summed E-state index contributed by atoms with van der Waals surface area (Å²) in [4.78, 5) is 4.34. The van der Waals surface area contributed by atoms with Crippen molar-refractivity contribution in [1.29, 1.82) is 5.26 Å². The Labute approximate surface area is 130 Å². The third-order valence-corrected chi connectivity index (χ3v) is 4.30. The van der Waals surface area contributed by atoms with Crippen LogP contribution < -0.4 is 5.73 Å². The maximum Gasteiger partial charge on any atom is 0.142 e. The van der Waals surface area contributed by atoms with Crippen molar-refractivity contribution in [2.75, 3.05) is 5.73 Å². The molecule has 1 aliphatic rings. The van der Waals surface area contributed by atoms with E-state index in [2.05, 4.69) is 27.0 Å². The van der Waals surface area contributed by atoms with Gasteiger partial charge in [0.1, 0.15) is 23.3 Å². The smallest absolute Gasteiger partial charge is 0.142 e. The highest BCUT2D eigenvalue weighted by Crippen LogP contribution is 2.37. The van der Waals surface area contributed by atoms with Gasteiger partial charge in [0.25, 0.3) is 0 Å². The number of anilines is 1. The minimum absolute atomic E-state index is 0.188. The van der Waals surface area contributed by atoms with E-state index in [0.29, 0.717) is 11.1 Å². The molecule has 1 aliphatic carbocycles. The summed E-state index contributed by atoms with van der Waals surface area (Å²) in [6.45, 7) is 0. The minimum Gasteiger partial charge on any atom is -0.383 e. The van der Waals surface area contributed by atoms with Crippen LogP contribution in [0.2, 0.25) is 0 Å². The first-order valence-corrected chi connectivity index (χ1v) is 7.58. The fourth-order valence-corrected chi connectivity index (χ4v) is 3.22. The SMILES string of the molecule is N#Cc1c(N)nc2c(c1-c1cc(Br)ccc1F)CCCC2. The molecule has 3 rings (SSSR count). The maximum absolute atomic E-state index is 14.3. The van der Waals surface area contributed by atoms with E-state index in [9.17, 15) is 9.65 Å². The van der Waals surface area contributed by atoms with Crippen molar-refractivity contribution in [2.45, 2.75) is 25.7 Å². The molecule has 2 N–H and O–H groups in total. The molecule has 0 amide bonds. The largest absolute Gasteiger partial charge is 0.383 e. The van der Waals surface area contributed by atoms with Crippen LogP contribution in [0.15, 0.2) is 22.7 Å². The predicted octanol–water partition coefficient (Wildman–Crippen LogP) is 3.98. The number of benzene rings is 1. The number of nitrogens with two attached hydrogens (primary N) is 1. The Morgan fingerprint density at radius 2 is 2.05 bits per heavy atom. The Morgan fingerprint density at radius 1 is 1.29 bits per heavy atom. The Balaban J connectivity index is 2.37. The van der Waals surface area contributed by atoms with E-state index in [1.54, 1.807) is 12.1 Å². The molecule has 0 fully saturated rings. The molecular formula is C16H13BrFN3. The molecule has 0 unspecified atom stereocenters. The van der Waals surface area contributed by atoms with E-state index >= 15 is 0 Å². The van der Waals surface area contributed by atoms with Crippen LogP contribution in [0.5, 0.6) is 0 Å². The van der Waals surface area contributed by atoms with E-state index in [0.717, 1.165) is 41.4 Å². The molecule has 0 saturated heterocycles. The topological polar surface area (TPSA) is 62.7 Å². The third kappa shape index (κ3) is 2.40. The average Bonchev–Trinajstić information content (AvgIpc) is 2.48. The van der Waals surface area contributed by atoms with Gasteiger partial charge in [-0.3, -0.25) is 0 Å². The number of pyridine rings is 1. The number of hydrogen-bond donors (Lipinski definition) is 1. The number of rotatable bonds is 1. The van der Waals surface area contributed by atoms with Crippen LogP contribution in [0.1, 0.15) is 29.7 Å². The fraction of sp³-hybridized carbons (Fsp3) is 0.250. The van der Waals surface area contributed by atoms with Crippen molar-refractivity contribution in [3.63, 3.8) is 0 Å². The molecule has 0 radical (unpaired) electrons. The van der Waals surface area contributed by atoms with Gasteiger partial charge in [-0.2, -0.15) is 5.26 Å². The Kier molecular flexibility index (Phi) is 3.64. The highest BCUT2D eigenvalue weighted by molar-refractivity contribution is 9.10. The lowest BCUT2D eigenvalue weighted by molar-refractivity contribution is 0.629. The standard InChI is InChI=1S/C16H13BrFN3/c17-9-5-6-13(18)11(7-9)15-10-3-1-2-4-14(10)21-16(20)12(15)8-19/h5-7H,1-4H2,(H2,20,21). The highest BCUT2D eigenvalue weighted by atomic mass is 79.9. The second-order valence-corrected chi connectivity index (χ2v) is 6.03. The van der Waals surface area contributed by atoms with Gasteiger partial charge in [0.05, 0.1) is 0 Å². The van der Waals surface area contributed by atoms with E-state index in [4.69, 9.17) is 5.73 Å². The summed E-state index contributed by atoms with van der Waals surface area (Å²) in [6.07, 6.45) is 3.70. The summed E-state index contributed by atoms with van der Waals surface area (Å²) in [5, 5.41) is 9.42. The zero-order chi connectivity index (χ0) is 15.0. The van der Waals surface area contributed by atoms with Crippen LogP contribution in [-0.2, 0) is 12.8 Å². The Hall–Kier alpha value is -1.93. The molecule has 0 atom stereocenters. The van der Waals surface area contributed by atoms with Gasteiger partial charge in [-0.05, 0) is 49.4 Å². The molecule has 0 saturated carbocycles. The molecule has 1 aromatic carbocycles. The van der Waals surface area contributed by atoms with Crippen molar-refractivity contribution in [2.24, 2.45) is 0 Å². The first-order chi connectivity index (χ1) is 10.1. The van der Waals surface area contributed by atoms with Gasteiger partial charge in [0.2, 0.25) is 0 Å². The molecule has 3 nitrogen and oxygen atoms in total. The second-order valence-electron chi connectivity index (χ2n) is 5.12.